The minimum absolute atomic E-state index is 0.108. The summed E-state index contributed by atoms with van der Waals surface area (Å²) in [5.74, 6) is 0. The molecule has 1 aromatic heterocycles. The first-order valence-corrected chi connectivity index (χ1v) is 5.26. The summed E-state index contributed by atoms with van der Waals surface area (Å²) in [4.78, 5) is 14.5. The highest BCUT2D eigenvalue weighted by Gasteiger charge is 2.05. The van der Waals surface area contributed by atoms with Crippen LogP contribution in [0.25, 0.3) is 11.1 Å². The fraction of sp³-hybridized carbons (Fsp3) is 0.154. The molecule has 2 rings (SSSR count). The van der Waals surface area contributed by atoms with Crippen LogP contribution in [0.2, 0.25) is 0 Å². The first kappa shape index (κ1) is 11.3. The van der Waals surface area contributed by atoms with E-state index >= 15 is 0 Å². The molecule has 0 N–H and O–H groups in total. The number of pyridine rings is 1. The fourth-order valence-electron chi connectivity index (χ4n) is 1.78. The molecule has 0 unspecified atom stereocenters. The van der Waals surface area contributed by atoms with Crippen LogP contribution in [-0.4, -0.2) is 9.91 Å². The summed E-state index contributed by atoms with van der Waals surface area (Å²) in [6, 6.07) is 10.5. The van der Waals surface area contributed by atoms with Gasteiger partial charge >= 0.3 is 0 Å². The molecule has 1 heterocycles. The first-order chi connectivity index (χ1) is 8.06. The standard InChI is InChI=1S/C13H12N2O2/c1-9-7-12(8-10(2)14-9)11-3-5-13(6-4-11)15(16)17/h3-8H,1-2H3. The second kappa shape index (κ2) is 4.33. The largest absolute Gasteiger partial charge is 0.269 e. The lowest BCUT2D eigenvalue weighted by atomic mass is 10.0. The Labute approximate surface area is 99.1 Å². The average Bonchev–Trinajstić information content (AvgIpc) is 2.28. The summed E-state index contributed by atoms with van der Waals surface area (Å²) in [5, 5.41) is 10.6. The van der Waals surface area contributed by atoms with Crippen molar-refractivity contribution >= 4 is 5.69 Å². The molecule has 1 aromatic carbocycles. The smallest absolute Gasteiger partial charge is 0.258 e. The van der Waals surface area contributed by atoms with Crippen LogP contribution < -0.4 is 0 Å². The Kier molecular flexibility index (Phi) is 2.87. The van der Waals surface area contributed by atoms with Gasteiger partial charge in [0.2, 0.25) is 0 Å². The third-order valence-corrected chi connectivity index (χ3v) is 2.49. The summed E-state index contributed by atoms with van der Waals surface area (Å²) < 4.78 is 0. The van der Waals surface area contributed by atoms with E-state index < -0.39 is 4.92 Å². The van der Waals surface area contributed by atoms with Crippen molar-refractivity contribution in [2.75, 3.05) is 0 Å². The molecule has 0 atom stereocenters. The Balaban J connectivity index is 2.43. The molecular formula is C13H12N2O2. The van der Waals surface area contributed by atoms with Crippen molar-refractivity contribution in [1.29, 1.82) is 0 Å². The third-order valence-electron chi connectivity index (χ3n) is 2.49. The Morgan fingerprint density at radius 1 is 1.00 bits per heavy atom. The number of aryl methyl sites for hydroxylation is 2. The van der Waals surface area contributed by atoms with Crippen molar-refractivity contribution in [2.24, 2.45) is 0 Å². The molecule has 4 heteroatoms. The molecular weight excluding hydrogens is 216 g/mol. The summed E-state index contributed by atoms with van der Waals surface area (Å²) >= 11 is 0. The van der Waals surface area contributed by atoms with Gasteiger partial charge in [0, 0.05) is 23.5 Å². The molecule has 0 aliphatic rings. The number of rotatable bonds is 2. The highest BCUT2D eigenvalue weighted by molar-refractivity contribution is 5.65. The molecule has 86 valence electrons. The Morgan fingerprint density at radius 2 is 1.53 bits per heavy atom. The van der Waals surface area contributed by atoms with Gasteiger partial charge in [-0.25, -0.2) is 0 Å². The van der Waals surface area contributed by atoms with E-state index in [1.165, 1.54) is 12.1 Å². The van der Waals surface area contributed by atoms with E-state index in [2.05, 4.69) is 4.98 Å². The number of aromatic nitrogens is 1. The summed E-state index contributed by atoms with van der Waals surface area (Å²) in [6.07, 6.45) is 0. The van der Waals surface area contributed by atoms with Crippen molar-refractivity contribution in [2.45, 2.75) is 13.8 Å². The molecule has 0 aliphatic carbocycles. The predicted octanol–water partition coefficient (Wildman–Crippen LogP) is 3.27. The van der Waals surface area contributed by atoms with Crippen molar-refractivity contribution in [3.05, 3.63) is 57.9 Å². The monoisotopic (exact) mass is 228 g/mol. The van der Waals surface area contributed by atoms with Crippen LogP contribution in [-0.2, 0) is 0 Å². The van der Waals surface area contributed by atoms with Gasteiger partial charge in [-0.1, -0.05) is 0 Å². The Hall–Kier alpha value is -2.23. The Morgan fingerprint density at radius 3 is 2.00 bits per heavy atom. The van der Waals surface area contributed by atoms with Crippen molar-refractivity contribution in [3.63, 3.8) is 0 Å². The van der Waals surface area contributed by atoms with Crippen LogP contribution >= 0.6 is 0 Å². The van der Waals surface area contributed by atoms with Gasteiger partial charge in [-0.15, -0.1) is 0 Å². The number of nitro benzene ring substituents is 1. The summed E-state index contributed by atoms with van der Waals surface area (Å²) in [7, 11) is 0. The van der Waals surface area contributed by atoms with Gasteiger partial charge in [0.1, 0.15) is 0 Å². The van der Waals surface area contributed by atoms with E-state index in [9.17, 15) is 10.1 Å². The Bertz CT molecular complexity index is 542. The highest BCUT2D eigenvalue weighted by atomic mass is 16.6. The molecule has 0 saturated heterocycles. The number of hydrogen-bond acceptors (Lipinski definition) is 3. The zero-order valence-electron chi connectivity index (χ0n) is 9.68. The minimum atomic E-state index is -0.396. The zero-order valence-corrected chi connectivity index (χ0v) is 9.68. The highest BCUT2D eigenvalue weighted by Crippen LogP contribution is 2.23. The van der Waals surface area contributed by atoms with Gasteiger partial charge < -0.3 is 0 Å². The second-order valence-corrected chi connectivity index (χ2v) is 3.94. The molecule has 0 bridgehead atoms. The van der Waals surface area contributed by atoms with Crippen LogP contribution in [0.5, 0.6) is 0 Å². The maximum absolute atomic E-state index is 10.6. The molecule has 4 nitrogen and oxygen atoms in total. The number of nitro groups is 1. The quantitative estimate of drug-likeness (QED) is 0.585. The van der Waals surface area contributed by atoms with E-state index in [1.807, 2.05) is 26.0 Å². The van der Waals surface area contributed by atoms with Gasteiger partial charge in [0.15, 0.2) is 0 Å². The van der Waals surface area contributed by atoms with Crippen LogP contribution in [0.3, 0.4) is 0 Å². The lowest BCUT2D eigenvalue weighted by Gasteiger charge is -2.04. The van der Waals surface area contributed by atoms with Crippen LogP contribution in [0.4, 0.5) is 5.69 Å². The van der Waals surface area contributed by atoms with E-state index in [4.69, 9.17) is 0 Å². The molecule has 17 heavy (non-hydrogen) atoms. The van der Waals surface area contributed by atoms with Crippen LogP contribution in [0.1, 0.15) is 11.4 Å². The predicted molar refractivity (Wildman–Crippen MR) is 65.8 cm³/mol. The van der Waals surface area contributed by atoms with Gasteiger partial charge in [0.25, 0.3) is 5.69 Å². The molecule has 0 aliphatic heterocycles. The van der Waals surface area contributed by atoms with Crippen molar-refractivity contribution in [3.8, 4) is 11.1 Å². The molecule has 0 radical (unpaired) electrons. The normalized spacial score (nSPS) is 10.2. The number of non-ortho nitro benzene ring substituents is 1. The number of nitrogens with zero attached hydrogens (tertiary/aromatic N) is 2. The van der Waals surface area contributed by atoms with Gasteiger partial charge in [-0.05, 0) is 49.2 Å². The minimum Gasteiger partial charge on any atom is -0.258 e. The number of hydrogen-bond donors (Lipinski definition) is 0. The van der Waals surface area contributed by atoms with Crippen molar-refractivity contribution < 1.29 is 4.92 Å². The maximum Gasteiger partial charge on any atom is 0.269 e. The first-order valence-electron chi connectivity index (χ1n) is 5.26. The fourth-order valence-corrected chi connectivity index (χ4v) is 1.78. The molecule has 0 spiro atoms. The van der Waals surface area contributed by atoms with Crippen LogP contribution in [0, 0.1) is 24.0 Å². The van der Waals surface area contributed by atoms with E-state index in [1.54, 1.807) is 12.1 Å². The van der Waals surface area contributed by atoms with Gasteiger partial charge in [0.05, 0.1) is 4.92 Å². The molecule has 0 saturated carbocycles. The number of benzene rings is 1. The van der Waals surface area contributed by atoms with Gasteiger partial charge in [-0.3, -0.25) is 15.1 Å². The summed E-state index contributed by atoms with van der Waals surface area (Å²) in [5.41, 5.74) is 3.99. The summed E-state index contributed by atoms with van der Waals surface area (Å²) in [6.45, 7) is 3.86. The lowest BCUT2D eigenvalue weighted by molar-refractivity contribution is -0.384. The third kappa shape index (κ3) is 2.47. The van der Waals surface area contributed by atoms with Crippen LogP contribution in [0.15, 0.2) is 36.4 Å². The SMILES string of the molecule is Cc1cc(-c2ccc([N+](=O)[O-])cc2)cc(C)n1. The van der Waals surface area contributed by atoms with E-state index in [-0.39, 0.29) is 5.69 Å². The molecule has 2 aromatic rings. The van der Waals surface area contributed by atoms with E-state index in [0.717, 1.165) is 22.5 Å². The van der Waals surface area contributed by atoms with Gasteiger partial charge in [-0.2, -0.15) is 0 Å². The zero-order chi connectivity index (χ0) is 12.4. The molecule has 0 fully saturated rings. The van der Waals surface area contributed by atoms with E-state index in [0.29, 0.717) is 0 Å². The van der Waals surface area contributed by atoms with Crippen molar-refractivity contribution in [1.82, 2.24) is 4.98 Å². The topological polar surface area (TPSA) is 56.0 Å². The molecule has 0 amide bonds. The maximum atomic E-state index is 10.6. The lowest BCUT2D eigenvalue weighted by Crippen LogP contribution is -1.89. The second-order valence-electron chi connectivity index (χ2n) is 3.94. The average molecular weight is 228 g/mol.